The molecule has 0 aromatic carbocycles. The summed E-state index contributed by atoms with van der Waals surface area (Å²) in [5.41, 5.74) is 0. The van der Waals surface area contributed by atoms with Crippen LogP contribution in [0.2, 0.25) is 0 Å². The maximum atomic E-state index is 11.7. The first-order chi connectivity index (χ1) is 7.56. The van der Waals surface area contributed by atoms with Gasteiger partial charge in [0.2, 0.25) is 5.91 Å². The Morgan fingerprint density at radius 2 is 2.38 bits per heavy atom. The highest BCUT2D eigenvalue weighted by molar-refractivity contribution is 9.10. The molecule has 86 valence electrons. The third-order valence-electron chi connectivity index (χ3n) is 2.20. The SMILES string of the molecule is CC(C)C(C#N)C(=O)NCc1sccc1Br. The van der Waals surface area contributed by atoms with Gasteiger partial charge in [0.15, 0.2) is 0 Å². The molecule has 0 fully saturated rings. The topological polar surface area (TPSA) is 52.9 Å². The second-order valence-corrected chi connectivity index (χ2v) is 5.62. The second-order valence-electron chi connectivity index (χ2n) is 3.76. The van der Waals surface area contributed by atoms with Crippen molar-refractivity contribution in [2.75, 3.05) is 0 Å². The van der Waals surface area contributed by atoms with Crippen LogP contribution in [0.3, 0.4) is 0 Å². The first kappa shape index (κ1) is 13.2. The molecule has 0 radical (unpaired) electrons. The summed E-state index contributed by atoms with van der Waals surface area (Å²) >= 11 is 4.97. The van der Waals surface area contributed by atoms with Crippen LogP contribution in [-0.4, -0.2) is 5.91 Å². The van der Waals surface area contributed by atoms with E-state index in [1.165, 1.54) is 0 Å². The van der Waals surface area contributed by atoms with E-state index in [0.29, 0.717) is 6.54 Å². The minimum Gasteiger partial charge on any atom is -0.350 e. The van der Waals surface area contributed by atoms with Crippen LogP contribution < -0.4 is 5.32 Å². The molecule has 3 nitrogen and oxygen atoms in total. The van der Waals surface area contributed by atoms with Gasteiger partial charge in [0.25, 0.3) is 0 Å². The number of carbonyl (C=O) groups is 1. The Balaban J connectivity index is 2.53. The Labute approximate surface area is 108 Å². The molecule has 16 heavy (non-hydrogen) atoms. The zero-order valence-electron chi connectivity index (χ0n) is 9.16. The van der Waals surface area contributed by atoms with Gasteiger partial charge in [0, 0.05) is 9.35 Å². The third-order valence-corrected chi connectivity index (χ3v) is 4.13. The molecule has 5 heteroatoms. The molecule has 1 atom stereocenters. The quantitative estimate of drug-likeness (QED) is 0.929. The van der Waals surface area contributed by atoms with Crippen molar-refractivity contribution in [2.24, 2.45) is 11.8 Å². The molecule has 0 aliphatic rings. The first-order valence-electron chi connectivity index (χ1n) is 4.95. The molecule has 0 spiro atoms. The van der Waals surface area contributed by atoms with Crippen molar-refractivity contribution in [1.29, 1.82) is 5.26 Å². The highest BCUT2D eigenvalue weighted by Gasteiger charge is 2.21. The number of carbonyl (C=O) groups excluding carboxylic acids is 1. The molecule has 1 heterocycles. The number of halogens is 1. The number of nitrogens with zero attached hydrogens (tertiary/aromatic N) is 1. The number of rotatable bonds is 4. The lowest BCUT2D eigenvalue weighted by molar-refractivity contribution is -0.124. The van der Waals surface area contributed by atoms with Gasteiger partial charge < -0.3 is 5.32 Å². The summed E-state index contributed by atoms with van der Waals surface area (Å²) in [5.74, 6) is -0.728. The number of hydrogen-bond donors (Lipinski definition) is 1. The number of hydrogen-bond acceptors (Lipinski definition) is 3. The van der Waals surface area contributed by atoms with Crippen molar-refractivity contribution in [3.63, 3.8) is 0 Å². The van der Waals surface area contributed by atoms with Gasteiger partial charge in [-0.05, 0) is 33.3 Å². The van der Waals surface area contributed by atoms with Gasteiger partial charge in [-0.15, -0.1) is 11.3 Å². The van der Waals surface area contributed by atoms with Crippen molar-refractivity contribution in [3.05, 3.63) is 20.8 Å². The Bertz CT molecular complexity index is 408. The van der Waals surface area contributed by atoms with Crippen LogP contribution in [-0.2, 0) is 11.3 Å². The summed E-state index contributed by atoms with van der Waals surface area (Å²) < 4.78 is 0.996. The second kappa shape index (κ2) is 6.02. The molecule has 0 saturated heterocycles. The summed E-state index contributed by atoms with van der Waals surface area (Å²) in [4.78, 5) is 12.7. The lowest BCUT2D eigenvalue weighted by atomic mass is 9.97. The average molecular weight is 301 g/mol. The summed E-state index contributed by atoms with van der Waals surface area (Å²) in [5, 5.41) is 13.6. The molecule has 0 aliphatic heterocycles. The zero-order valence-corrected chi connectivity index (χ0v) is 11.6. The predicted molar refractivity (Wildman–Crippen MR) is 67.8 cm³/mol. The Kier molecular flexibility index (Phi) is 4.97. The molecule has 1 aromatic heterocycles. The van der Waals surface area contributed by atoms with E-state index < -0.39 is 5.92 Å². The maximum absolute atomic E-state index is 11.7. The lowest BCUT2D eigenvalue weighted by Gasteiger charge is -2.12. The van der Waals surface area contributed by atoms with Gasteiger partial charge in [-0.1, -0.05) is 13.8 Å². The maximum Gasteiger partial charge on any atom is 0.237 e. The Morgan fingerprint density at radius 3 is 2.81 bits per heavy atom. The fraction of sp³-hybridized carbons (Fsp3) is 0.455. The van der Waals surface area contributed by atoms with Gasteiger partial charge in [-0.3, -0.25) is 4.79 Å². The van der Waals surface area contributed by atoms with E-state index >= 15 is 0 Å². The van der Waals surface area contributed by atoms with E-state index in [1.54, 1.807) is 11.3 Å². The highest BCUT2D eigenvalue weighted by atomic mass is 79.9. The number of nitriles is 1. The molecule has 1 amide bonds. The van der Waals surface area contributed by atoms with E-state index in [-0.39, 0.29) is 11.8 Å². The molecular formula is C11H13BrN2OS. The normalized spacial score (nSPS) is 12.2. The molecule has 1 N–H and O–H groups in total. The van der Waals surface area contributed by atoms with Crippen molar-refractivity contribution in [1.82, 2.24) is 5.32 Å². The van der Waals surface area contributed by atoms with Crippen molar-refractivity contribution in [3.8, 4) is 6.07 Å². The van der Waals surface area contributed by atoms with Crippen LogP contribution in [0.5, 0.6) is 0 Å². The fourth-order valence-electron chi connectivity index (χ4n) is 1.24. The van der Waals surface area contributed by atoms with E-state index in [9.17, 15) is 4.79 Å². The van der Waals surface area contributed by atoms with Crippen LogP contribution in [0.4, 0.5) is 0 Å². The summed E-state index contributed by atoms with van der Waals surface area (Å²) in [7, 11) is 0. The van der Waals surface area contributed by atoms with Gasteiger partial charge in [0.05, 0.1) is 12.6 Å². The number of nitrogens with one attached hydrogen (secondary N) is 1. The van der Waals surface area contributed by atoms with Crippen molar-refractivity contribution >= 4 is 33.2 Å². The number of thiophene rings is 1. The van der Waals surface area contributed by atoms with Crippen molar-refractivity contribution < 1.29 is 4.79 Å². The van der Waals surface area contributed by atoms with E-state index in [2.05, 4.69) is 21.2 Å². The predicted octanol–water partition coefficient (Wildman–Crippen LogP) is 2.92. The molecule has 1 rings (SSSR count). The third kappa shape index (κ3) is 3.32. The molecular weight excluding hydrogens is 288 g/mol. The minimum absolute atomic E-state index is 0.0387. The molecule has 1 unspecified atom stereocenters. The smallest absolute Gasteiger partial charge is 0.237 e. The molecule has 1 aromatic rings. The van der Waals surface area contributed by atoms with Gasteiger partial charge in [-0.2, -0.15) is 5.26 Å². The van der Waals surface area contributed by atoms with Gasteiger partial charge >= 0.3 is 0 Å². The van der Waals surface area contributed by atoms with E-state index in [0.717, 1.165) is 9.35 Å². The van der Waals surface area contributed by atoms with Crippen LogP contribution >= 0.6 is 27.3 Å². The van der Waals surface area contributed by atoms with E-state index in [4.69, 9.17) is 5.26 Å². The van der Waals surface area contributed by atoms with Crippen LogP contribution in [0.15, 0.2) is 15.9 Å². The lowest BCUT2D eigenvalue weighted by Crippen LogP contribution is -2.32. The highest BCUT2D eigenvalue weighted by Crippen LogP contribution is 2.22. The summed E-state index contributed by atoms with van der Waals surface area (Å²) in [6, 6.07) is 3.97. The Hall–Kier alpha value is -0.860. The minimum atomic E-state index is -0.571. The number of amides is 1. The zero-order chi connectivity index (χ0) is 12.1. The van der Waals surface area contributed by atoms with E-state index in [1.807, 2.05) is 31.4 Å². The standard InChI is InChI=1S/C11H13BrN2OS/c1-7(2)8(5-13)11(15)14-6-10-9(12)3-4-16-10/h3-4,7-8H,6H2,1-2H3,(H,14,15). The molecule has 0 aliphatic carbocycles. The van der Waals surface area contributed by atoms with Crippen LogP contribution in [0.1, 0.15) is 18.7 Å². The van der Waals surface area contributed by atoms with Crippen molar-refractivity contribution in [2.45, 2.75) is 20.4 Å². The average Bonchev–Trinajstić information content (AvgIpc) is 2.61. The van der Waals surface area contributed by atoms with Gasteiger partial charge in [0.1, 0.15) is 5.92 Å². The summed E-state index contributed by atoms with van der Waals surface area (Å²) in [6.45, 7) is 4.21. The van der Waals surface area contributed by atoms with Gasteiger partial charge in [-0.25, -0.2) is 0 Å². The Morgan fingerprint density at radius 1 is 1.69 bits per heavy atom. The largest absolute Gasteiger partial charge is 0.350 e. The fourth-order valence-corrected chi connectivity index (χ4v) is 2.67. The first-order valence-corrected chi connectivity index (χ1v) is 6.62. The molecule has 0 bridgehead atoms. The summed E-state index contributed by atoms with van der Waals surface area (Å²) in [6.07, 6.45) is 0. The van der Waals surface area contributed by atoms with Crippen LogP contribution in [0.25, 0.3) is 0 Å². The monoisotopic (exact) mass is 300 g/mol. The van der Waals surface area contributed by atoms with Crippen LogP contribution in [0, 0.1) is 23.2 Å². The molecule has 0 saturated carbocycles.